The predicted octanol–water partition coefficient (Wildman–Crippen LogP) is 2.47. The average Bonchev–Trinajstić information content (AvgIpc) is 3.18. The van der Waals surface area contributed by atoms with E-state index < -0.39 is 0 Å². The van der Waals surface area contributed by atoms with Gasteiger partial charge in [0.15, 0.2) is 5.96 Å². The van der Waals surface area contributed by atoms with Gasteiger partial charge in [0.2, 0.25) is 0 Å². The van der Waals surface area contributed by atoms with Crippen LogP contribution in [0.25, 0.3) is 0 Å². The molecule has 2 rings (SSSR count). The summed E-state index contributed by atoms with van der Waals surface area (Å²) in [5, 5.41) is 9.42. The summed E-state index contributed by atoms with van der Waals surface area (Å²) in [5.74, 6) is 2.84. The summed E-state index contributed by atoms with van der Waals surface area (Å²) in [6, 6.07) is 0. The molecule has 0 amide bonds. The number of hydrogen-bond acceptors (Lipinski definition) is 6. The Bertz CT molecular complexity index is 600. The normalized spacial score (nSPS) is 11.2. The quantitative estimate of drug-likeness (QED) is 0.205. The van der Waals surface area contributed by atoms with Crippen molar-refractivity contribution >= 4 is 53.0 Å². The number of nitrogens with one attached hydrogen (secondary N) is 1. The molecule has 0 aliphatic heterocycles. The first-order valence-corrected chi connectivity index (χ1v) is 9.41. The van der Waals surface area contributed by atoms with Crippen molar-refractivity contribution in [2.45, 2.75) is 24.2 Å². The Hall–Kier alpha value is -0.880. The highest BCUT2D eigenvalue weighted by molar-refractivity contribution is 14.0. The van der Waals surface area contributed by atoms with E-state index in [0.29, 0.717) is 6.54 Å². The van der Waals surface area contributed by atoms with Crippen LogP contribution >= 0.6 is 47.1 Å². The third kappa shape index (κ3) is 6.93. The standard InChI is InChI=1S/C14H23N7S2.HI/c1-4-15-13(20(2)10-12-18-11-19-21(12)3)16-6-5-8-22-14-17-7-9-23-14;/h7,9,11H,4-6,8,10H2,1-3H3,(H,15,16);1H. The number of thioether (sulfide) groups is 1. The Labute approximate surface area is 168 Å². The number of halogens is 1. The zero-order valence-electron chi connectivity index (χ0n) is 14.2. The third-order valence-electron chi connectivity index (χ3n) is 3.08. The second kappa shape index (κ2) is 11.6. The van der Waals surface area contributed by atoms with Crippen molar-refractivity contribution < 1.29 is 0 Å². The molecule has 10 heteroatoms. The molecule has 2 aromatic rings. The molecule has 0 aromatic carbocycles. The van der Waals surface area contributed by atoms with Crippen molar-refractivity contribution in [2.75, 3.05) is 25.9 Å². The zero-order chi connectivity index (χ0) is 16.5. The Morgan fingerprint density at radius 3 is 2.92 bits per heavy atom. The molecule has 134 valence electrons. The van der Waals surface area contributed by atoms with Gasteiger partial charge in [0.25, 0.3) is 0 Å². The minimum Gasteiger partial charge on any atom is -0.357 e. The van der Waals surface area contributed by atoms with E-state index in [1.807, 2.05) is 25.7 Å². The lowest BCUT2D eigenvalue weighted by atomic mass is 10.5. The molecule has 2 heterocycles. The Morgan fingerprint density at radius 1 is 1.46 bits per heavy atom. The first-order valence-electron chi connectivity index (χ1n) is 7.55. The van der Waals surface area contributed by atoms with E-state index in [9.17, 15) is 0 Å². The lowest BCUT2D eigenvalue weighted by Crippen LogP contribution is -2.39. The molecular formula is C14H24IN7S2. The molecule has 0 saturated carbocycles. The van der Waals surface area contributed by atoms with Crippen LogP contribution in [0.3, 0.4) is 0 Å². The Kier molecular flexibility index (Phi) is 10.3. The molecule has 0 fully saturated rings. The van der Waals surface area contributed by atoms with Gasteiger partial charge in [0, 0.05) is 44.5 Å². The van der Waals surface area contributed by atoms with E-state index in [1.54, 1.807) is 34.1 Å². The summed E-state index contributed by atoms with van der Waals surface area (Å²) in [6.07, 6.45) is 4.44. The molecule has 1 N–H and O–H groups in total. The number of aryl methyl sites for hydroxylation is 1. The fourth-order valence-corrected chi connectivity index (χ4v) is 3.54. The van der Waals surface area contributed by atoms with Crippen LogP contribution in [-0.4, -0.2) is 56.5 Å². The number of nitrogens with zero attached hydrogens (tertiary/aromatic N) is 6. The van der Waals surface area contributed by atoms with Crippen molar-refractivity contribution in [3.05, 3.63) is 23.7 Å². The van der Waals surface area contributed by atoms with Crippen molar-refractivity contribution in [1.29, 1.82) is 0 Å². The lowest BCUT2D eigenvalue weighted by molar-refractivity contribution is 0.448. The number of rotatable bonds is 8. The SMILES string of the molecule is CCNC(=NCCCSc1nccs1)N(C)Cc1ncnn1C.I. The summed E-state index contributed by atoms with van der Waals surface area (Å²) < 4.78 is 2.91. The van der Waals surface area contributed by atoms with Crippen molar-refractivity contribution in [2.24, 2.45) is 12.0 Å². The van der Waals surface area contributed by atoms with Gasteiger partial charge in [0.05, 0.1) is 6.54 Å². The van der Waals surface area contributed by atoms with Gasteiger partial charge >= 0.3 is 0 Å². The summed E-state index contributed by atoms with van der Waals surface area (Å²) in [7, 11) is 3.91. The molecule has 0 atom stereocenters. The molecule has 24 heavy (non-hydrogen) atoms. The smallest absolute Gasteiger partial charge is 0.194 e. The van der Waals surface area contributed by atoms with E-state index in [1.165, 1.54) is 0 Å². The van der Waals surface area contributed by atoms with Gasteiger partial charge in [-0.15, -0.1) is 35.3 Å². The maximum Gasteiger partial charge on any atom is 0.194 e. The first-order chi connectivity index (χ1) is 11.2. The van der Waals surface area contributed by atoms with Gasteiger partial charge in [-0.1, -0.05) is 11.8 Å². The van der Waals surface area contributed by atoms with Crippen LogP contribution < -0.4 is 5.32 Å². The van der Waals surface area contributed by atoms with Gasteiger partial charge in [-0.25, -0.2) is 9.97 Å². The van der Waals surface area contributed by atoms with Gasteiger partial charge in [-0.2, -0.15) is 5.10 Å². The molecule has 0 aliphatic rings. The number of aromatic nitrogens is 4. The predicted molar refractivity (Wildman–Crippen MR) is 111 cm³/mol. The second-order valence-corrected chi connectivity index (χ2v) is 7.13. The summed E-state index contributed by atoms with van der Waals surface area (Å²) in [4.78, 5) is 15.3. The molecule has 0 bridgehead atoms. The van der Waals surface area contributed by atoms with Crippen LogP contribution in [0.5, 0.6) is 0 Å². The molecule has 0 saturated heterocycles. The Morgan fingerprint density at radius 2 is 2.29 bits per heavy atom. The van der Waals surface area contributed by atoms with Gasteiger partial charge in [0.1, 0.15) is 16.5 Å². The summed E-state index contributed by atoms with van der Waals surface area (Å²) in [6.45, 7) is 4.39. The molecule has 7 nitrogen and oxygen atoms in total. The van der Waals surface area contributed by atoms with E-state index in [4.69, 9.17) is 0 Å². The Balaban J connectivity index is 0.00000288. The van der Waals surface area contributed by atoms with Gasteiger partial charge < -0.3 is 10.2 Å². The minimum absolute atomic E-state index is 0. The number of hydrogen-bond donors (Lipinski definition) is 1. The van der Waals surface area contributed by atoms with Crippen LogP contribution in [0.2, 0.25) is 0 Å². The van der Waals surface area contributed by atoms with Crippen LogP contribution in [-0.2, 0) is 13.6 Å². The molecule has 0 spiro atoms. The summed E-state index contributed by atoms with van der Waals surface area (Å²) in [5.41, 5.74) is 0. The molecular weight excluding hydrogens is 457 g/mol. The van der Waals surface area contributed by atoms with E-state index in [-0.39, 0.29) is 24.0 Å². The van der Waals surface area contributed by atoms with Crippen molar-refractivity contribution in [1.82, 2.24) is 30.0 Å². The average molecular weight is 481 g/mol. The highest BCUT2D eigenvalue weighted by atomic mass is 127. The van der Waals surface area contributed by atoms with Crippen LogP contribution in [0, 0.1) is 0 Å². The fourth-order valence-electron chi connectivity index (χ4n) is 1.91. The second-order valence-electron chi connectivity index (χ2n) is 4.89. The van der Waals surface area contributed by atoms with Crippen LogP contribution in [0.4, 0.5) is 0 Å². The maximum absolute atomic E-state index is 4.69. The number of thiazole rings is 1. The zero-order valence-corrected chi connectivity index (χ0v) is 18.1. The first kappa shape index (κ1) is 21.2. The molecule has 0 radical (unpaired) electrons. The van der Waals surface area contributed by atoms with E-state index in [0.717, 1.165) is 41.4 Å². The van der Waals surface area contributed by atoms with Crippen molar-refractivity contribution in [3.63, 3.8) is 0 Å². The summed E-state index contributed by atoms with van der Waals surface area (Å²) >= 11 is 3.47. The highest BCUT2D eigenvalue weighted by Crippen LogP contribution is 2.20. The fraction of sp³-hybridized carbons (Fsp3) is 0.571. The van der Waals surface area contributed by atoms with Crippen LogP contribution in [0.15, 0.2) is 27.2 Å². The minimum atomic E-state index is 0. The molecule has 0 aliphatic carbocycles. The third-order valence-corrected chi connectivity index (χ3v) is 5.13. The van der Waals surface area contributed by atoms with Crippen molar-refractivity contribution in [3.8, 4) is 0 Å². The van der Waals surface area contributed by atoms with Gasteiger partial charge in [-0.05, 0) is 13.3 Å². The monoisotopic (exact) mass is 481 g/mol. The molecule has 2 aromatic heterocycles. The number of aliphatic imine (C=N–C) groups is 1. The molecule has 0 unspecified atom stereocenters. The topological polar surface area (TPSA) is 71.2 Å². The van der Waals surface area contributed by atoms with Gasteiger partial charge in [-0.3, -0.25) is 9.67 Å². The lowest BCUT2D eigenvalue weighted by Gasteiger charge is -2.21. The van der Waals surface area contributed by atoms with E-state index in [2.05, 4.69) is 37.2 Å². The van der Waals surface area contributed by atoms with Crippen LogP contribution in [0.1, 0.15) is 19.2 Å². The van der Waals surface area contributed by atoms with E-state index >= 15 is 0 Å². The highest BCUT2D eigenvalue weighted by Gasteiger charge is 2.09. The largest absolute Gasteiger partial charge is 0.357 e. The maximum atomic E-state index is 4.69. The number of guanidine groups is 1.